The molecule has 0 amide bonds. The molecule has 0 aliphatic carbocycles. The fourth-order valence-corrected chi connectivity index (χ4v) is 2.35. The zero-order chi connectivity index (χ0) is 20.2. The Kier molecular flexibility index (Phi) is 6.32. The van der Waals surface area contributed by atoms with Crippen LogP contribution in [-0.4, -0.2) is 25.5 Å². The summed E-state index contributed by atoms with van der Waals surface area (Å²) in [4.78, 5) is 23.0. The Morgan fingerprint density at radius 1 is 1.07 bits per heavy atom. The van der Waals surface area contributed by atoms with Crippen LogP contribution in [0.3, 0.4) is 0 Å². The van der Waals surface area contributed by atoms with Crippen molar-refractivity contribution in [2.75, 3.05) is 13.7 Å². The molecule has 9 heteroatoms. The first-order valence-electron chi connectivity index (χ1n) is 7.51. The number of benzene rings is 2. The Labute approximate surface area is 157 Å². The first-order chi connectivity index (χ1) is 12.6. The summed E-state index contributed by atoms with van der Waals surface area (Å²) in [5.41, 5.74) is -0.992. The maximum Gasteiger partial charge on any atom is 0.417 e. The number of ether oxygens (including phenoxy) is 3. The third-order valence-electron chi connectivity index (χ3n) is 3.27. The molecule has 0 bridgehead atoms. The van der Waals surface area contributed by atoms with Gasteiger partial charge in [-0.2, -0.15) is 13.2 Å². The standard InChI is InChI=1S/C18H14ClF3O5/c1-10(23)9-26-16-6-4-11(7-13(16)17(24)25-2)27-12-3-5-14(15(19)8-12)18(20,21)22/h3-8H,9H2,1-2H3. The van der Waals surface area contributed by atoms with E-state index in [0.717, 1.165) is 18.2 Å². The van der Waals surface area contributed by atoms with Gasteiger partial charge < -0.3 is 14.2 Å². The third-order valence-corrected chi connectivity index (χ3v) is 3.58. The number of halogens is 4. The van der Waals surface area contributed by atoms with Gasteiger partial charge in [-0.25, -0.2) is 4.79 Å². The molecule has 2 aromatic rings. The second-order valence-electron chi connectivity index (χ2n) is 5.38. The van der Waals surface area contributed by atoms with Crippen molar-refractivity contribution < 1.29 is 37.0 Å². The molecule has 0 aliphatic rings. The fraction of sp³-hybridized carbons (Fsp3) is 0.222. The minimum absolute atomic E-state index is 0.00532. The number of rotatable bonds is 6. The normalized spacial score (nSPS) is 11.0. The fourth-order valence-electron chi connectivity index (χ4n) is 2.07. The quantitative estimate of drug-likeness (QED) is 0.643. The molecule has 5 nitrogen and oxygen atoms in total. The van der Waals surface area contributed by atoms with Crippen molar-refractivity contribution in [1.82, 2.24) is 0 Å². The lowest BCUT2D eigenvalue weighted by Crippen LogP contribution is -2.11. The van der Waals surface area contributed by atoms with Crippen molar-refractivity contribution in [3.05, 3.63) is 52.5 Å². The number of Topliss-reactive ketones (excluding diaryl/α,β-unsaturated/α-hetero) is 1. The van der Waals surface area contributed by atoms with Gasteiger partial charge in [-0.3, -0.25) is 4.79 Å². The second kappa shape index (κ2) is 8.30. The average Bonchev–Trinajstić information content (AvgIpc) is 2.58. The largest absolute Gasteiger partial charge is 0.485 e. The Morgan fingerprint density at radius 3 is 2.26 bits per heavy atom. The van der Waals surface area contributed by atoms with Crippen LogP contribution in [0.2, 0.25) is 5.02 Å². The van der Waals surface area contributed by atoms with Crippen LogP contribution < -0.4 is 9.47 Å². The first-order valence-corrected chi connectivity index (χ1v) is 7.89. The number of methoxy groups -OCH3 is 1. The van der Waals surface area contributed by atoms with Gasteiger partial charge in [-0.05, 0) is 37.3 Å². The SMILES string of the molecule is COC(=O)c1cc(Oc2ccc(C(F)(F)F)c(Cl)c2)ccc1OCC(C)=O. The highest BCUT2D eigenvalue weighted by molar-refractivity contribution is 6.31. The highest BCUT2D eigenvalue weighted by Gasteiger charge is 2.33. The molecule has 0 spiro atoms. The molecule has 0 heterocycles. The minimum Gasteiger partial charge on any atom is -0.485 e. The van der Waals surface area contributed by atoms with E-state index in [1.807, 2.05) is 0 Å². The Balaban J connectivity index is 2.30. The summed E-state index contributed by atoms with van der Waals surface area (Å²) >= 11 is 5.65. The van der Waals surface area contributed by atoms with Gasteiger partial charge in [-0.15, -0.1) is 0 Å². The number of alkyl halides is 3. The molecule has 0 unspecified atom stereocenters. The molecule has 0 saturated carbocycles. The van der Waals surface area contributed by atoms with E-state index in [0.29, 0.717) is 0 Å². The average molecular weight is 403 g/mol. The van der Waals surface area contributed by atoms with E-state index in [-0.39, 0.29) is 35.2 Å². The van der Waals surface area contributed by atoms with Gasteiger partial charge in [0.15, 0.2) is 5.78 Å². The highest BCUT2D eigenvalue weighted by atomic mass is 35.5. The number of esters is 1. The van der Waals surface area contributed by atoms with Gasteiger partial charge >= 0.3 is 12.1 Å². The molecule has 144 valence electrons. The summed E-state index contributed by atoms with van der Waals surface area (Å²) < 4.78 is 53.6. The molecule has 0 N–H and O–H groups in total. The van der Waals surface area contributed by atoms with E-state index in [9.17, 15) is 22.8 Å². The van der Waals surface area contributed by atoms with Crippen molar-refractivity contribution in [3.8, 4) is 17.2 Å². The van der Waals surface area contributed by atoms with Gasteiger partial charge in [0, 0.05) is 6.07 Å². The maximum absolute atomic E-state index is 12.7. The molecule has 0 fully saturated rings. The first kappa shape index (κ1) is 20.6. The van der Waals surface area contributed by atoms with Crippen LogP contribution in [0.4, 0.5) is 13.2 Å². The number of carbonyl (C=O) groups excluding carboxylic acids is 2. The summed E-state index contributed by atoms with van der Waals surface area (Å²) in [7, 11) is 1.17. The van der Waals surface area contributed by atoms with Crippen molar-refractivity contribution in [1.29, 1.82) is 0 Å². The Hall–Kier alpha value is -2.74. The Bertz CT molecular complexity index is 865. The smallest absolute Gasteiger partial charge is 0.417 e. The Morgan fingerprint density at radius 2 is 1.70 bits per heavy atom. The zero-order valence-corrected chi connectivity index (χ0v) is 15.0. The number of ketones is 1. The predicted molar refractivity (Wildman–Crippen MR) is 90.5 cm³/mol. The van der Waals surface area contributed by atoms with Crippen LogP contribution in [0.15, 0.2) is 36.4 Å². The second-order valence-corrected chi connectivity index (χ2v) is 5.79. The van der Waals surface area contributed by atoms with Crippen molar-refractivity contribution in [2.45, 2.75) is 13.1 Å². The lowest BCUT2D eigenvalue weighted by molar-refractivity contribution is -0.137. The van der Waals surface area contributed by atoms with Crippen LogP contribution in [0.5, 0.6) is 17.2 Å². The number of hydrogen-bond acceptors (Lipinski definition) is 5. The molecule has 0 radical (unpaired) electrons. The van der Waals surface area contributed by atoms with Crippen molar-refractivity contribution in [3.63, 3.8) is 0 Å². The topological polar surface area (TPSA) is 61.8 Å². The van der Waals surface area contributed by atoms with Gasteiger partial charge in [0.05, 0.1) is 17.7 Å². The molecule has 0 saturated heterocycles. The molecular weight excluding hydrogens is 389 g/mol. The van der Waals surface area contributed by atoms with E-state index in [1.54, 1.807) is 0 Å². The summed E-state index contributed by atoms with van der Waals surface area (Å²) in [5.74, 6) is -0.688. The van der Waals surface area contributed by atoms with Crippen LogP contribution >= 0.6 is 11.6 Å². The predicted octanol–water partition coefficient (Wildman–Crippen LogP) is 4.91. The van der Waals surface area contributed by atoms with Gasteiger partial charge in [0.1, 0.15) is 29.4 Å². The third kappa shape index (κ3) is 5.37. The molecule has 0 atom stereocenters. The van der Waals surface area contributed by atoms with E-state index in [2.05, 4.69) is 4.74 Å². The molecule has 0 aromatic heterocycles. The molecule has 27 heavy (non-hydrogen) atoms. The monoisotopic (exact) mass is 402 g/mol. The number of hydrogen-bond donors (Lipinski definition) is 0. The zero-order valence-electron chi connectivity index (χ0n) is 14.2. The summed E-state index contributed by atoms with van der Waals surface area (Å²) in [6.45, 7) is 1.09. The summed E-state index contributed by atoms with van der Waals surface area (Å²) in [6.07, 6.45) is -4.58. The van der Waals surface area contributed by atoms with Crippen LogP contribution in [0.25, 0.3) is 0 Å². The van der Waals surface area contributed by atoms with Crippen LogP contribution in [0.1, 0.15) is 22.8 Å². The van der Waals surface area contributed by atoms with Crippen molar-refractivity contribution in [2.24, 2.45) is 0 Å². The van der Waals surface area contributed by atoms with E-state index in [4.69, 9.17) is 21.1 Å². The highest BCUT2D eigenvalue weighted by Crippen LogP contribution is 2.37. The van der Waals surface area contributed by atoms with E-state index in [1.165, 1.54) is 32.2 Å². The van der Waals surface area contributed by atoms with E-state index >= 15 is 0 Å². The van der Waals surface area contributed by atoms with Gasteiger partial charge in [0.25, 0.3) is 0 Å². The molecule has 2 aromatic carbocycles. The molecule has 0 aliphatic heterocycles. The van der Waals surface area contributed by atoms with Crippen LogP contribution in [-0.2, 0) is 15.7 Å². The minimum atomic E-state index is -4.58. The van der Waals surface area contributed by atoms with Crippen molar-refractivity contribution >= 4 is 23.4 Å². The lowest BCUT2D eigenvalue weighted by Gasteiger charge is -2.13. The van der Waals surface area contributed by atoms with E-state index < -0.39 is 22.7 Å². The number of carbonyl (C=O) groups is 2. The van der Waals surface area contributed by atoms with Crippen LogP contribution in [0, 0.1) is 0 Å². The molecular formula is C18H14ClF3O5. The maximum atomic E-state index is 12.7. The van der Waals surface area contributed by atoms with Gasteiger partial charge in [0.2, 0.25) is 0 Å². The van der Waals surface area contributed by atoms with Gasteiger partial charge in [-0.1, -0.05) is 11.6 Å². The summed E-state index contributed by atoms with van der Waals surface area (Å²) in [6, 6.07) is 7.01. The lowest BCUT2D eigenvalue weighted by atomic mass is 10.2. The molecule has 2 rings (SSSR count). The summed E-state index contributed by atoms with van der Waals surface area (Å²) in [5, 5.41) is -0.519.